The Hall–Kier alpha value is -2.63. The minimum atomic E-state index is -4.41. The molecular formula is C19H19F3N2O. The molecule has 2 rings (SSSR count). The highest BCUT2D eigenvalue weighted by Gasteiger charge is 2.30. The van der Waals surface area contributed by atoms with Crippen LogP contribution in [0.1, 0.15) is 47.8 Å². The number of hydrogen-bond acceptors (Lipinski definition) is 2. The summed E-state index contributed by atoms with van der Waals surface area (Å²) >= 11 is 0. The predicted molar refractivity (Wildman–Crippen MR) is 91.6 cm³/mol. The average molecular weight is 348 g/mol. The molecule has 1 N–H and O–H groups in total. The van der Waals surface area contributed by atoms with E-state index in [0.717, 1.165) is 17.7 Å². The van der Waals surface area contributed by atoms with Crippen LogP contribution in [-0.2, 0) is 11.6 Å². The minimum absolute atomic E-state index is 0.0172. The molecule has 3 nitrogen and oxygen atoms in total. The molecule has 1 amide bonds. The second-order valence-corrected chi connectivity index (χ2v) is 6.65. The number of benzene rings is 2. The van der Waals surface area contributed by atoms with Gasteiger partial charge in [0.05, 0.1) is 11.8 Å². The summed E-state index contributed by atoms with van der Waals surface area (Å²) in [6.45, 7) is 6.21. The smallest absolute Gasteiger partial charge is 0.267 e. The number of hydrogen-bond donors (Lipinski definition) is 1. The fraction of sp³-hybridized carbons (Fsp3) is 0.263. The lowest BCUT2D eigenvalue weighted by Gasteiger charge is -2.18. The number of amides is 1. The second kappa shape index (κ2) is 7.09. The fourth-order valence-electron chi connectivity index (χ4n) is 2.15. The molecule has 25 heavy (non-hydrogen) atoms. The highest BCUT2D eigenvalue weighted by molar-refractivity contribution is 5.94. The standard InChI is InChI=1S/C19H19F3N2O/c1-18(2,3)15-9-7-14(8-10-15)17(25)24-23-12-13-5-4-6-16(11-13)19(20,21)22/h4-12H,1-3H3,(H,24,25)/b23-12+. The topological polar surface area (TPSA) is 41.5 Å². The van der Waals surface area contributed by atoms with Crippen LogP contribution in [0.25, 0.3) is 0 Å². The zero-order chi connectivity index (χ0) is 18.7. The van der Waals surface area contributed by atoms with Crippen LogP contribution in [0.3, 0.4) is 0 Å². The molecule has 0 unspecified atom stereocenters. The highest BCUT2D eigenvalue weighted by atomic mass is 19.4. The van der Waals surface area contributed by atoms with Gasteiger partial charge < -0.3 is 0 Å². The Morgan fingerprint density at radius 3 is 2.20 bits per heavy atom. The summed E-state index contributed by atoms with van der Waals surface area (Å²) in [6.07, 6.45) is -3.24. The summed E-state index contributed by atoms with van der Waals surface area (Å²) in [7, 11) is 0. The van der Waals surface area contributed by atoms with Gasteiger partial charge in [-0.05, 0) is 40.8 Å². The van der Waals surface area contributed by atoms with Gasteiger partial charge in [-0.3, -0.25) is 4.79 Å². The summed E-state index contributed by atoms with van der Waals surface area (Å²) in [5, 5.41) is 3.72. The highest BCUT2D eigenvalue weighted by Crippen LogP contribution is 2.29. The van der Waals surface area contributed by atoms with Crippen molar-refractivity contribution in [2.24, 2.45) is 5.10 Å². The van der Waals surface area contributed by atoms with Crippen LogP contribution in [0.15, 0.2) is 53.6 Å². The SMILES string of the molecule is CC(C)(C)c1ccc(C(=O)N/N=C/c2cccc(C(F)(F)F)c2)cc1. The molecule has 0 saturated heterocycles. The molecule has 6 heteroatoms. The van der Waals surface area contributed by atoms with Crippen molar-refractivity contribution in [1.29, 1.82) is 0 Å². The normalized spacial score (nSPS) is 12.4. The number of halogens is 3. The van der Waals surface area contributed by atoms with Crippen molar-refractivity contribution in [1.82, 2.24) is 5.43 Å². The molecule has 0 bridgehead atoms. The van der Waals surface area contributed by atoms with Crippen LogP contribution in [0.2, 0.25) is 0 Å². The number of nitrogens with one attached hydrogen (secondary N) is 1. The van der Waals surface area contributed by atoms with Crippen LogP contribution < -0.4 is 5.43 Å². The quantitative estimate of drug-likeness (QED) is 0.630. The molecular weight excluding hydrogens is 329 g/mol. The molecule has 0 saturated carbocycles. The molecule has 0 spiro atoms. The number of hydrazone groups is 1. The summed E-state index contributed by atoms with van der Waals surface area (Å²) in [5.74, 6) is -0.427. The Morgan fingerprint density at radius 2 is 1.64 bits per heavy atom. The van der Waals surface area contributed by atoms with Crippen molar-refractivity contribution < 1.29 is 18.0 Å². The van der Waals surface area contributed by atoms with Crippen molar-refractivity contribution >= 4 is 12.1 Å². The third kappa shape index (κ3) is 5.17. The van der Waals surface area contributed by atoms with E-state index in [1.165, 1.54) is 18.3 Å². The van der Waals surface area contributed by atoms with Crippen LogP contribution in [0.5, 0.6) is 0 Å². The molecule has 0 aliphatic heterocycles. The summed E-state index contributed by atoms with van der Waals surface area (Å²) < 4.78 is 37.9. The summed E-state index contributed by atoms with van der Waals surface area (Å²) in [4.78, 5) is 12.0. The van der Waals surface area contributed by atoms with Crippen LogP contribution in [0, 0.1) is 0 Å². The van der Waals surface area contributed by atoms with Crippen molar-refractivity contribution in [2.45, 2.75) is 32.4 Å². The number of nitrogens with zero attached hydrogens (tertiary/aromatic N) is 1. The zero-order valence-corrected chi connectivity index (χ0v) is 14.2. The Bertz CT molecular complexity index is 772. The van der Waals surface area contributed by atoms with Gasteiger partial charge in [0.15, 0.2) is 0 Å². The van der Waals surface area contributed by atoms with E-state index < -0.39 is 17.6 Å². The monoisotopic (exact) mass is 348 g/mol. The van der Waals surface area contributed by atoms with Gasteiger partial charge >= 0.3 is 6.18 Å². The van der Waals surface area contributed by atoms with Crippen molar-refractivity contribution in [3.63, 3.8) is 0 Å². The first-order valence-electron chi connectivity index (χ1n) is 7.68. The van der Waals surface area contributed by atoms with Gasteiger partial charge in [0.2, 0.25) is 0 Å². The number of alkyl halides is 3. The van der Waals surface area contributed by atoms with Crippen LogP contribution >= 0.6 is 0 Å². The molecule has 0 radical (unpaired) electrons. The van der Waals surface area contributed by atoms with Crippen molar-refractivity contribution in [3.8, 4) is 0 Å². The van der Waals surface area contributed by atoms with Crippen LogP contribution in [-0.4, -0.2) is 12.1 Å². The first-order chi connectivity index (χ1) is 11.6. The average Bonchev–Trinajstić information content (AvgIpc) is 2.53. The van der Waals surface area contributed by atoms with Gasteiger partial charge in [0.1, 0.15) is 0 Å². The molecule has 0 fully saturated rings. The van der Waals surface area contributed by atoms with E-state index in [9.17, 15) is 18.0 Å². The maximum atomic E-state index is 12.6. The van der Waals surface area contributed by atoms with Gasteiger partial charge in [-0.15, -0.1) is 0 Å². The van der Waals surface area contributed by atoms with Gasteiger partial charge in [-0.2, -0.15) is 18.3 Å². The summed E-state index contributed by atoms with van der Waals surface area (Å²) in [6, 6.07) is 11.8. The molecule has 0 aliphatic carbocycles. The molecule has 2 aromatic carbocycles. The lowest BCUT2D eigenvalue weighted by Crippen LogP contribution is -2.18. The van der Waals surface area contributed by atoms with E-state index in [-0.39, 0.29) is 11.0 Å². The molecule has 0 aliphatic rings. The van der Waals surface area contributed by atoms with Gasteiger partial charge in [-0.25, -0.2) is 5.43 Å². The molecule has 0 aromatic heterocycles. The third-order valence-electron chi connectivity index (χ3n) is 3.61. The van der Waals surface area contributed by atoms with Gasteiger partial charge in [-0.1, -0.05) is 45.0 Å². The van der Waals surface area contributed by atoms with E-state index in [4.69, 9.17) is 0 Å². The molecule has 132 valence electrons. The lowest BCUT2D eigenvalue weighted by atomic mass is 9.87. The summed E-state index contributed by atoms with van der Waals surface area (Å²) in [5.41, 5.74) is 3.30. The van der Waals surface area contributed by atoms with Gasteiger partial charge in [0, 0.05) is 5.56 Å². The van der Waals surface area contributed by atoms with Crippen LogP contribution in [0.4, 0.5) is 13.2 Å². The third-order valence-corrected chi connectivity index (χ3v) is 3.61. The molecule has 0 heterocycles. The largest absolute Gasteiger partial charge is 0.416 e. The van der Waals surface area contributed by atoms with E-state index in [2.05, 4.69) is 31.3 Å². The van der Waals surface area contributed by atoms with E-state index in [0.29, 0.717) is 5.56 Å². The van der Waals surface area contributed by atoms with E-state index in [1.54, 1.807) is 12.1 Å². The lowest BCUT2D eigenvalue weighted by molar-refractivity contribution is -0.137. The first-order valence-corrected chi connectivity index (χ1v) is 7.68. The molecule has 2 aromatic rings. The Balaban J connectivity index is 2.03. The number of carbonyl (C=O) groups excluding carboxylic acids is 1. The zero-order valence-electron chi connectivity index (χ0n) is 14.2. The fourth-order valence-corrected chi connectivity index (χ4v) is 2.15. The minimum Gasteiger partial charge on any atom is -0.267 e. The Morgan fingerprint density at radius 1 is 1.00 bits per heavy atom. The molecule has 0 atom stereocenters. The maximum Gasteiger partial charge on any atom is 0.416 e. The van der Waals surface area contributed by atoms with Crippen molar-refractivity contribution in [2.75, 3.05) is 0 Å². The first kappa shape index (κ1) is 18.7. The maximum absolute atomic E-state index is 12.6. The van der Waals surface area contributed by atoms with E-state index >= 15 is 0 Å². The Labute approximate surface area is 144 Å². The predicted octanol–water partition coefficient (Wildman–Crippen LogP) is 4.77. The van der Waals surface area contributed by atoms with Gasteiger partial charge in [0.25, 0.3) is 5.91 Å². The number of rotatable bonds is 3. The van der Waals surface area contributed by atoms with Crippen molar-refractivity contribution in [3.05, 3.63) is 70.8 Å². The van der Waals surface area contributed by atoms with E-state index in [1.807, 2.05) is 12.1 Å². The Kier molecular flexibility index (Phi) is 5.30. The number of carbonyl (C=O) groups is 1. The second-order valence-electron chi connectivity index (χ2n) is 6.65.